The highest BCUT2D eigenvalue weighted by Gasteiger charge is 2.53. The van der Waals surface area contributed by atoms with Gasteiger partial charge < -0.3 is 10.1 Å². The lowest BCUT2D eigenvalue weighted by Gasteiger charge is -2.32. The molecule has 2 bridgehead atoms. The molecule has 5 atom stereocenters. The number of rotatable bonds is 4. The fraction of sp³-hybridized carbons (Fsp3) is 0.611. The molecule has 3 aliphatic carbocycles. The molecule has 1 aromatic carbocycles. The predicted octanol–water partition coefficient (Wildman–Crippen LogP) is 3.83. The van der Waals surface area contributed by atoms with Crippen LogP contribution >= 0.6 is 0 Å². The number of anilines is 1. The van der Waals surface area contributed by atoms with Gasteiger partial charge in [0.1, 0.15) is 11.8 Å². The smallest absolute Gasteiger partial charge is 0.174 e. The van der Waals surface area contributed by atoms with Gasteiger partial charge in [-0.2, -0.15) is 5.26 Å². The molecule has 0 radical (unpaired) electrons. The second-order valence-corrected chi connectivity index (χ2v) is 6.88. The lowest BCUT2D eigenvalue weighted by molar-refractivity contribution is 0.243. The van der Waals surface area contributed by atoms with Crippen LogP contribution in [0.15, 0.2) is 24.3 Å². The molecule has 0 heterocycles. The minimum Gasteiger partial charge on any atom is -0.479 e. The molecular formula is C18H22N2O. The average molecular weight is 282 g/mol. The van der Waals surface area contributed by atoms with Gasteiger partial charge >= 0.3 is 0 Å². The summed E-state index contributed by atoms with van der Waals surface area (Å²) in [6.45, 7) is 0.112. The number of fused-ring (bicyclic) bond motifs is 5. The number of benzene rings is 1. The Hall–Kier alpha value is -1.69. The molecule has 21 heavy (non-hydrogen) atoms. The molecule has 3 fully saturated rings. The normalized spacial score (nSPS) is 36.2. The van der Waals surface area contributed by atoms with Crippen molar-refractivity contribution in [2.24, 2.45) is 23.7 Å². The fourth-order valence-electron chi connectivity index (χ4n) is 5.24. The van der Waals surface area contributed by atoms with E-state index in [9.17, 15) is 0 Å². The van der Waals surface area contributed by atoms with Crippen LogP contribution in [-0.4, -0.2) is 12.6 Å². The van der Waals surface area contributed by atoms with Crippen LogP contribution in [0, 0.1) is 35.0 Å². The van der Waals surface area contributed by atoms with Crippen molar-refractivity contribution in [3.05, 3.63) is 24.3 Å². The molecule has 3 nitrogen and oxygen atoms in total. The topological polar surface area (TPSA) is 45.0 Å². The van der Waals surface area contributed by atoms with Gasteiger partial charge in [0.25, 0.3) is 0 Å². The second kappa shape index (κ2) is 5.26. The molecule has 1 N–H and O–H groups in total. The van der Waals surface area contributed by atoms with E-state index in [0.717, 1.165) is 35.1 Å². The van der Waals surface area contributed by atoms with Crippen LogP contribution < -0.4 is 10.1 Å². The fourth-order valence-corrected chi connectivity index (χ4v) is 5.24. The molecule has 0 amide bonds. The summed E-state index contributed by atoms with van der Waals surface area (Å²) in [5.41, 5.74) is 1.14. The maximum Gasteiger partial charge on any atom is 0.174 e. The molecule has 0 aromatic heterocycles. The van der Waals surface area contributed by atoms with E-state index < -0.39 is 0 Å². The first-order chi connectivity index (χ1) is 10.3. The molecule has 0 spiro atoms. The zero-order valence-corrected chi connectivity index (χ0v) is 12.3. The van der Waals surface area contributed by atoms with E-state index in [0.29, 0.717) is 6.04 Å². The Bertz CT molecular complexity index is 565. The van der Waals surface area contributed by atoms with Gasteiger partial charge in [0.15, 0.2) is 6.61 Å². The predicted molar refractivity (Wildman–Crippen MR) is 82.0 cm³/mol. The maximum atomic E-state index is 8.59. The van der Waals surface area contributed by atoms with Gasteiger partial charge in [-0.1, -0.05) is 12.5 Å². The van der Waals surface area contributed by atoms with E-state index in [1.165, 1.54) is 32.1 Å². The van der Waals surface area contributed by atoms with Gasteiger partial charge in [-0.3, -0.25) is 0 Å². The Balaban J connectivity index is 1.44. The van der Waals surface area contributed by atoms with Gasteiger partial charge in [-0.05, 0) is 61.5 Å². The highest BCUT2D eigenvalue weighted by molar-refractivity contribution is 5.49. The van der Waals surface area contributed by atoms with Crippen LogP contribution in [0.5, 0.6) is 5.75 Å². The van der Waals surface area contributed by atoms with Crippen molar-refractivity contribution in [2.45, 2.75) is 38.1 Å². The molecule has 1 aromatic rings. The summed E-state index contributed by atoms with van der Waals surface area (Å²) < 4.78 is 5.39. The number of nitrogens with one attached hydrogen (secondary N) is 1. The first kappa shape index (κ1) is 13.0. The van der Waals surface area contributed by atoms with E-state index in [1.54, 1.807) is 0 Å². The summed E-state index contributed by atoms with van der Waals surface area (Å²) in [7, 11) is 0. The van der Waals surface area contributed by atoms with Crippen LogP contribution in [0.4, 0.5) is 5.69 Å². The van der Waals surface area contributed by atoms with Gasteiger partial charge in [0.05, 0.1) is 0 Å². The molecule has 0 saturated heterocycles. The molecule has 0 aliphatic heterocycles. The molecule has 110 valence electrons. The van der Waals surface area contributed by atoms with Crippen molar-refractivity contribution >= 4 is 5.69 Å². The van der Waals surface area contributed by atoms with Crippen LogP contribution in [0.2, 0.25) is 0 Å². The highest BCUT2D eigenvalue weighted by atomic mass is 16.5. The van der Waals surface area contributed by atoms with Gasteiger partial charge in [-0.15, -0.1) is 0 Å². The first-order valence-corrected chi connectivity index (χ1v) is 8.21. The third kappa shape index (κ3) is 2.27. The van der Waals surface area contributed by atoms with Crippen LogP contribution in [0.3, 0.4) is 0 Å². The van der Waals surface area contributed by atoms with Crippen LogP contribution in [-0.2, 0) is 0 Å². The Morgan fingerprint density at radius 1 is 1.19 bits per heavy atom. The van der Waals surface area contributed by atoms with Crippen LogP contribution in [0.1, 0.15) is 32.1 Å². The molecular weight excluding hydrogens is 260 g/mol. The summed E-state index contributed by atoms with van der Waals surface area (Å²) >= 11 is 0. The van der Waals surface area contributed by atoms with Crippen molar-refractivity contribution in [1.82, 2.24) is 0 Å². The van der Waals surface area contributed by atoms with Crippen LogP contribution in [0.25, 0.3) is 0 Å². The Kier molecular flexibility index (Phi) is 3.25. The van der Waals surface area contributed by atoms with E-state index in [1.807, 2.05) is 24.3 Å². The summed E-state index contributed by atoms with van der Waals surface area (Å²) in [5.74, 6) is 4.66. The summed E-state index contributed by atoms with van der Waals surface area (Å²) in [6, 6.07) is 10.7. The molecule has 3 aliphatic rings. The third-order valence-corrected chi connectivity index (χ3v) is 5.92. The number of nitrogens with zero attached hydrogens (tertiary/aromatic N) is 1. The standard InChI is InChI=1S/C18H22N2O/c19-7-8-21-14-4-1-3-13(11-14)20-18-10-12-9-17(18)16-6-2-5-15(12)16/h1,3-4,11-12,15-18,20H,2,5-6,8-10H2. The highest BCUT2D eigenvalue weighted by Crippen LogP contribution is 2.59. The van der Waals surface area contributed by atoms with Crippen molar-refractivity contribution in [3.8, 4) is 11.8 Å². The zero-order chi connectivity index (χ0) is 14.2. The quantitative estimate of drug-likeness (QED) is 0.913. The Morgan fingerprint density at radius 3 is 3.00 bits per heavy atom. The van der Waals surface area contributed by atoms with E-state index in [-0.39, 0.29) is 6.61 Å². The van der Waals surface area contributed by atoms with Crippen molar-refractivity contribution < 1.29 is 4.74 Å². The van der Waals surface area contributed by atoms with Crippen molar-refractivity contribution in [2.75, 3.05) is 11.9 Å². The third-order valence-electron chi connectivity index (χ3n) is 5.92. The lowest BCUT2D eigenvalue weighted by Crippen LogP contribution is -2.33. The minimum atomic E-state index is 0.112. The van der Waals surface area contributed by atoms with Crippen molar-refractivity contribution in [3.63, 3.8) is 0 Å². The largest absolute Gasteiger partial charge is 0.479 e. The van der Waals surface area contributed by atoms with E-state index in [2.05, 4.69) is 11.4 Å². The van der Waals surface area contributed by atoms with Gasteiger partial charge in [0, 0.05) is 17.8 Å². The van der Waals surface area contributed by atoms with Gasteiger partial charge in [-0.25, -0.2) is 0 Å². The molecule has 3 saturated carbocycles. The van der Waals surface area contributed by atoms with E-state index in [4.69, 9.17) is 10.00 Å². The first-order valence-electron chi connectivity index (χ1n) is 8.21. The van der Waals surface area contributed by atoms with Gasteiger partial charge in [0.2, 0.25) is 0 Å². The monoisotopic (exact) mass is 282 g/mol. The maximum absolute atomic E-state index is 8.59. The number of nitriles is 1. The van der Waals surface area contributed by atoms with E-state index >= 15 is 0 Å². The summed E-state index contributed by atoms with van der Waals surface area (Å²) in [6.07, 6.45) is 7.17. The number of ether oxygens (including phenoxy) is 1. The SMILES string of the molecule is N#CCOc1cccc(NC2CC3CC2C2CCCC32)c1. The summed E-state index contributed by atoms with van der Waals surface area (Å²) in [5, 5.41) is 12.3. The molecule has 3 heteroatoms. The Morgan fingerprint density at radius 2 is 2.10 bits per heavy atom. The number of hydrogen-bond acceptors (Lipinski definition) is 3. The minimum absolute atomic E-state index is 0.112. The molecule has 5 unspecified atom stereocenters. The van der Waals surface area contributed by atoms with Crippen molar-refractivity contribution in [1.29, 1.82) is 5.26 Å². The lowest BCUT2D eigenvalue weighted by atomic mass is 9.79. The summed E-state index contributed by atoms with van der Waals surface area (Å²) in [4.78, 5) is 0. The number of hydrogen-bond donors (Lipinski definition) is 1. The average Bonchev–Trinajstić information content (AvgIpc) is 3.17. The molecule has 4 rings (SSSR count). The second-order valence-electron chi connectivity index (χ2n) is 6.88. The zero-order valence-electron chi connectivity index (χ0n) is 12.3. The Labute approximate surface area is 126 Å².